The van der Waals surface area contributed by atoms with E-state index in [0.29, 0.717) is 5.56 Å². The molecule has 0 aliphatic carbocycles. The van der Waals surface area contributed by atoms with Gasteiger partial charge in [0.25, 0.3) is 0 Å². The summed E-state index contributed by atoms with van der Waals surface area (Å²) in [6.07, 6.45) is -2.81. The first-order chi connectivity index (χ1) is 10.3. The van der Waals surface area contributed by atoms with Crippen LogP contribution in [0, 0.1) is 6.92 Å². The summed E-state index contributed by atoms with van der Waals surface area (Å²) >= 11 is 0. The lowest BCUT2D eigenvalue weighted by Crippen LogP contribution is -2.41. The summed E-state index contributed by atoms with van der Waals surface area (Å²) in [7, 11) is -1.35. The van der Waals surface area contributed by atoms with Crippen LogP contribution in [0.25, 0.3) is 6.08 Å². The van der Waals surface area contributed by atoms with Gasteiger partial charge in [-0.1, -0.05) is 0 Å². The first-order valence-corrected chi connectivity index (χ1v) is 7.10. The van der Waals surface area contributed by atoms with Crippen LogP contribution in [0.5, 0.6) is 0 Å². The number of hydrogen-bond donors (Lipinski definition) is 0. The molecule has 1 aliphatic heterocycles. The third kappa shape index (κ3) is 3.58. The van der Waals surface area contributed by atoms with Crippen molar-refractivity contribution in [1.29, 1.82) is 0 Å². The van der Waals surface area contributed by atoms with Gasteiger partial charge < -0.3 is 9.31 Å². The van der Waals surface area contributed by atoms with E-state index in [1.807, 2.05) is 0 Å². The van der Waals surface area contributed by atoms with Crippen molar-refractivity contribution >= 4 is 13.2 Å². The summed E-state index contributed by atoms with van der Waals surface area (Å²) in [4.78, 5) is 3.37. The molecule has 1 aromatic rings. The third-order valence-corrected chi connectivity index (χ3v) is 4.09. The molecular formula is C15H18BF4NO2. The molecule has 3 nitrogen and oxygen atoms in total. The molecule has 0 N–H and O–H groups in total. The van der Waals surface area contributed by atoms with E-state index in [-0.39, 0.29) is 5.56 Å². The van der Waals surface area contributed by atoms with E-state index in [1.165, 1.54) is 6.07 Å². The highest BCUT2D eigenvalue weighted by Crippen LogP contribution is 2.39. The standard InChI is InChI=1S/C15H18BF4NO2/c1-9-6-10(12(21-8-9)15(18,19)20)7-11(17)16-22-13(2,3)14(4,5)23-16/h6-8H,1-5H3. The lowest BCUT2D eigenvalue weighted by molar-refractivity contribution is -0.141. The minimum absolute atomic E-state index is 0.357. The Morgan fingerprint density at radius 2 is 1.70 bits per heavy atom. The molecule has 1 saturated heterocycles. The molecule has 2 rings (SSSR count). The number of aryl methyl sites for hydroxylation is 1. The van der Waals surface area contributed by atoms with Gasteiger partial charge in [0.2, 0.25) is 0 Å². The van der Waals surface area contributed by atoms with Gasteiger partial charge in [-0.05, 0) is 52.3 Å². The van der Waals surface area contributed by atoms with E-state index in [1.54, 1.807) is 34.6 Å². The summed E-state index contributed by atoms with van der Waals surface area (Å²) < 4.78 is 64.3. The molecule has 1 aromatic heterocycles. The first kappa shape index (κ1) is 17.9. The highest BCUT2D eigenvalue weighted by atomic mass is 19.4. The summed E-state index contributed by atoms with van der Waals surface area (Å²) in [6, 6.07) is 1.22. The lowest BCUT2D eigenvalue weighted by atomic mass is 9.86. The zero-order chi connectivity index (χ0) is 17.6. The average molecular weight is 331 g/mol. The molecule has 0 atom stereocenters. The Hall–Kier alpha value is -1.41. The molecule has 2 heterocycles. The Bertz CT molecular complexity index is 625. The molecule has 8 heteroatoms. The van der Waals surface area contributed by atoms with Crippen LogP contribution in [-0.4, -0.2) is 23.3 Å². The third-order valence-electron chi connectivity index (χ3n) is 4.09. The minimum Gasteiger partial charge on any atom is -0.398 e. The number of nitrogens with zero attached hydrogens (tertiary/aromatic N) is 1. The second-order valence-corrected chi connectivity index (χ2v) is 6.57. The zero-order valence-corrected chi connectivity index (χ0v) is 13.6. The van der Waals surface area contributed by atoms with Crippen molar-refractivity contribution in [3.63, 3.8) is 0 Å². The van der Waals surface area contributed by atoms with E-state index >= 15 is 0 Å². The van der Waals surface area contributed by atoms with Crippen molar-refractivity contribution in [1.82, 2.24) is 4.98 Å². The van der Waals surface area contributed by atoms with Gasteiger partial charge in [-0.3, -0.25) is 4.98 Å². The van der Waals surface area contributed by atoms with E-state index in [4.69, 9.17) is 9.31 Å². The molecule has 0 aromatic carbocycles. The van der Waals surface area contributed by atoms with Crippen LogP contribution in [0.3, 0.4) is 0 Å². The molecule has 0 bridgehead atoms. The maximum Gasteiger partial charge on any atom is 0.525 e. The van der Waals surface area contributed by atoms with Gasteiger partial charge in [0.15, 0.2) is 5.69 Å². The summed E-state index contributed by atoms with van der Waals surface area (Å²) in [6.45, 7) is 8.51. The minimum atomic E-state index is -4.67. The van der Waals surface area contributed by atoms with Crippen molar-refractivity contribution in [2.45, 2.75) is 52.0 Å². The van der Waals surface area contributed by atoms with Crippen molar-refractivity contribution < 1.29 is 26.9 Å². The van der Waals surface area contributed by atoms with Crippen LogP contribution in [0.1, 0.15) is 44.5 Å². The smallest absolute Gasteiger partial charge is 0.398 e. The van der Waals surface area contributed by atoms with Gasteiger partial charge >= 0.3 is 13.3 Å². The lowest BCUT2D eigenvalue weighted by Gasteiger charge is -2.32. The normalized spacial score (nSPS) is 20.9. The number of hydrogen-bond acceptors (Lipinski definition) is 3. The summed E-state index contributed by atoms with van der Waals surface area (Å²) in [5.41, 5.74) is -3.49. The maximum atomic E-state index is 14.4. The molecule has 1 fully saturated rings. The van der Waals surface area contributed by atoms with Crippen LogP contribution in [-0.2, 0) is 15.5 Å². The summed E-state index contributed by atoms with van der Waals surface area (Å²) in [5, 5.41) is 0. The van der Waals surface area contributed by atoms with E-state index in [2.05, 4.69) is 4.98 Å². The van der Waals surface area contributed by atoms with Crippen LogP contribution < -0.4 is 0 Å². The Kier molecular flexibility index (Phi) is 4.36. The monoisotopic (exact) mass is 331 g/mol. The van der Waals surface area contributed by atoms with Crippen molar-refractivity contribution in [3.8, 4) is 0 Å². The van der Waals surface area contributed by atoms with Crippen molar-refractivity contribution in [2.75, 3.05) is 0 Å². The number of pyridine rings is 1. The Morgan fingerprint density at radius 1 is 1.17 bits per heavy atom. The zero-order valence-electron chi connectivity index (χ0n) is 13.6. The molecule has 0 amide bonds. The van der Waals surface area contributed by atoms with Gasteiger partial charge in [-0.15, -0.1) is 0 Å². The van der Waals surface area contributed by atoms with E-state index in [0.717, 1.165) is 12.3 Å². The Labute approximate surface area is 132 Å². The molecular weight excluding hydrogens is 313 g/mol. The van der Waals surface area contributed by atoms with Crippen LogP contribution in [0.15, 0.2) is 18.0 Å². The highest BCUT2D eigenvalue weighted by Gasteiger charge is 2.53. The number of aromatic nitrogens is 1. The second kappa shape index (κ2) is 5.59. The fourth-order valence-electron chi connectivity index (χ4n) is 2.11. The largest absolute Gasteiger partial charge is 0.525 e. The highest BCUT2D eigenvalue weighted by molar-refractivity contribution is 6.54. The molecule has 0 unspecified atom stereocenters. The summed E-state index contributed by atoms with van der Waals surface area (Å²) in [5.74, 6) is 0. The van der Waals surface area contributed by atoms with Crippen molar-refractivity contribution in [3.05, 3.63) is 34.8 Å². The average Bonchev–Trinajstić information content (AvgIpc) is 2.57. The topological polar surface area (TPSA) is 31.4 Å². The van der Waals surface area contributed by atoms with E-state index in [9.17, 15) is 17.6 Å². The van der Waals surface area contributed by atoms with Crippen LogP contribution in [0.4, 0.5) is 17.6 Å². The molecule has 23 heavy (non-hydrogen) atoms. The molecule has 0 spiro atoms. The quantitative estimate of drug-likeness (QED) is 0.596. The van der Waals surface area contributed by atoms with Gasteiger partial charge in [-0.2, -0.15) is 13.2 Å². The predicted molar refractivity (Wildman–Crippen MR) is 79.1 cm³/mol. The second-order valence-electron chi connectivity index (χ2n) is 6.57. The molecule has 0 saturated carbocycles. The van der Waals surface area contributed by atoms with Crippen LogP contribution >= 0.6 is 0 Å². The van der Waals surface area contributed by atoms with Gasteiger partial charge in [0, 0.05) is 11.8 Å². The SMILES string of the molecule is Cc1cnc(C(F)(F)F)c(C=C(F)B2OC(C)(C)C(C)(C)O2)c1. The Balaban J connectivity index is 2.38. The van der Waals surface area contributed by atoms with Gasteiger partial charge in [0.05, 0.1) is 11.2 Å². The number of rotatable bonds is 2. The van der Waals surface area contributed by atoms with Gasteiger partial charge in [-0.25, -0.2) is 4.39 Å². The Morgan fingerprint density at radius 3 is 2.17 bits per heavy atom. The van der Waals surface area contributed by atoms with Crippen molar-refractivity contribution in [2.24, 2.45) is 0 Å². The molecule has 0 radical (unpaired) electrons. The number of halogens is 4. The number of alkyl halides is 3. The van der Waals surface area contributed by atoms with Gasteiger partial charge in [0.1, 0.15) is 5.73 Å². The first-order valence-electron chi connectivity index (χ1n) is 7.10. The molecule has 126 valence electrons. The van der Waals surface area contributed by atoms with Crippen LogP contribution in [0.2, 0.25) is 0 Å². The fourth-order valence-corrected chi connectivity index (χ4v) is 2.11. The molecule has 1 aliphatic rings. The maximum absolute atomic E-state index is 14.4. The predicted octanol–water partition coefficient (Wildman–Crippen LogP) is 4.35. The van der Waals surface area contributed by atoms with E-state index < -0.39 is 35.9 Å². The fraction of sp³-hybridized carbons (Fsp3) is 0.533.